The van der Waals surface area contributed by atoms with Crippen molar-refractivity contribution in [2.75, 3.05) is 26.3 Å². The van der Waals surface area contributed by atoms with Crippen LogP contribution in [0.15, 0.2) is 30.4 Å². The van der Waals surface area contributed by atoms with Gasteiger partial charge in [-0.25, -0.2) is 4.79 Å². The Balaban J connectivity index is 2.27. The van der Waals surface area contributed by atoms with Crippen molar-refractivity contribution in [1.29, 1.82) is 0 Å². The SMILES string of the molecule is C=C(C)COCCNC(=O)NCC(O)c1ccc(Cl)cc1Cl. The molecule has 0 aliphatic rings. The topological polar surface area (TPSA) is 70.6 Å². The number of ether oxygens (including phenoxy) is 1. The number of hydrogen-bond donors (Lipinski definition) is 3. The van der Waals surface area contributed by atoms with Gasteiger partial charge in [0.1, 0.15) is 0 Å². The zero-order valence-electron chi connectivity index (χ0n) is 12.4. The van der Waals surface area contributed by atoms with Gasteiger partial charge in [0.25, 0.3) is 0 Å². The highest BCUT2D eigenvalue weighted by atomic mass is 35.5. The summed E-state index contributed by atoms with van der Waals surface area (Å²) in [7, 11) is 0. The van der Waals surface area contributed by atoms with Gasteiger partial charge in [0.2, 0.25) is 0 Å². The lowest BCUT2D eigenvalue weighted by molar-refractivity contribution is 0.155. The average molecular weight is 347 g/mol. The summed E-state index contributed by atoms with van der Waals surface area (Å²) < 4.78 is 5.25. The van der Waals surface area contributed by atoms with Crippen LogP contribution < -0.4 is 10.6 Å². The van der Waals surface area contributed by atoms with E-state index < -0.39 is 6.10 Å². The summed E-state index contributed by atoms with van der Waals surface area (Å²) in [5.41, 5.74) is 1.43. The number of aliphatic hydroxyl groups excluding tert-OH is 1. The first-order chi connectivity index (χ1) is 10.4. The standard InChI is InChI=1S/C15H20Cl2N2O3/c1-10(2)9-22-6-5-18-15(21)19-8-14(20)12-4-3-11(16)7-13(12)17/h3-4,7,14,20H,1,5-6,8-9H2,2H3,(H2,18,19,21). The molecule has 0 spiro atoms. The first-order valence-electron chi connectivity index (χ1n) is 6.77. The van der Waals surface area contributed by atoms with Gasteiger partial charge in [-0.1, -0.05) is 41.4 Å². The Morgan fingerprint density at radius 2 is 2.14 bits per heavy atom. The van der Waals surface area contributed by atoms with Crippen molar-refractivity contribution in [2.45, 2.75) is 13.0 Å². The molecule has 5 nitrogen and oxygen atoms in total. The molecular weight excluding hydrogens is 327 g/mol. The summed E-state index contributed by atoms with van der Waals surface area (Å²) in [6.45, 7) is 6.85. The zero-order valence-corrected chi connectivity index (χ0v) is 13.9. The normalized spacial score (nSPS) is 11.8. The summed E-state index contributed by atoms with van der Waals surface area (Å²) in [6.07, 6.45) is -0.907. The van der Waals surface area contributed by atoms with Crippen LogP contribution in [0, 0.1) is 0 Å². The van der Waals surface area contributed by atoms with Crippen molar-refractivity contribution >= 4 is 29.2 Å². The number of amides is 2. The third-order valence-electron chi connectivity index (χ3n) is 2.66. The fraction of sp³-hybridized carbons (Fsp3) is 0.400. The number of urea groups is 1. The number of hydrogen-bond acceptors (Lipinski definition) is 3. The predicted octanol–water partition coefficient (Wildman–Crippen LogP) is 2.92. The lowest BCUT2D eigenvalue weighted by atomic mass is 10.1. The largest absolute Gasteiger partial charge is 0.387 e. The highest BCUT2D eigenvalue weighted by molar-refractivity contribution is 6.35. The maximum absolute atomic E-state index is 11.6. The van der Waals surface area contributed by atoms with Gasteiger partial charge < -0.3 is 20.5 Å². The van der Waals surface area contributed by atoms with E-state index in [-0.39, 0.29) is 12.6 Å². The first kappa shape index (κ1) is 18.8. The van der Waals surface area contributed by atoms with Gasteiger partial charge in [-0.15, -0.1) is 0 Å². The van der Waals surface area contributed by atoms with Gasteiger partial charge in [-0.05, 0) is 19.1 Å². The van der Waals surface area contributed by atoms with Crippen LogP contribution in [0.1, 0.15) is 18.6 Å². The van der Waals surface area contributed by atoms with E-state index in [0.29, 0.717) is 35.4 Å². The van der Waals surface area contributed by atoms with E-state index >= 15 is 0 Å². The van der Waals surface area contributed by atoms with Gasteiger partial charge in [-0.2, -0.15) is 0 Å². The van der Waals surface area contributed by atoms with Crippen LogP contribution in [0.3, 0.4) is 0 Å². The first-order valence-corrected chi connectivity index (χ1v) is 7.52. The lowest BCUT2D eigenvalue weighted by Gasteiger charge is -2.14. The number of carbonyl (C=O) groups excluding carboxylic acids is 1. The van der Waals surface area contributed by atoms with Crippen LogP contribution in [0.4, 0.5) is 4.79 Å². The third kappa shape index (κ3) is 7.13. The second-order valence-corrected chi connectivity index (χ2v) is 5.67. The monoisotopic (exact) mass is 346 g/mol. The quantitative estimate of drug-likeness (QED) is 0.500. The van der Waals surface area contributed by atoms with Gasteiger partial charge in [0.05, 0.1) is 19.3 Å². The van der Waals surface area contributed by atoms with Crippen LogP contribution in [0.2, 0.25) is 10.0 Å². The summed E-state index contributed by atoms with van der Waals surface area (Å²) in [6, 6.07) is 4.41. The fourth-order valence-electron chi connectivity index (χ4n) is 1.62. The average Bonchev–Trinajstić information content (AvgIpc) is 2.44. The number of benzene rings is 1. The van der Waals surface area contributed by atoms with Crippen LogP contribution >= 0.6 is 23.2 Å². The zero-order chi connectivity index (χ0) is 16.5. The van der Waals surface area contributed by atoms with E-state index in [1.165, 1.54) is 0 Å². The van der Waals surface area contributed by atoms with Gasteiger partial charge in [0.15, 0.2) is 0 Å². The molecule has 1 rings (SSSR count). The summed E-state index contributed by atoms with van der Waals surface area (Å²) in [4.78, 5) is 11.6. The number of rotatable bonds is 8. The number of aliphatic hydroxyl groups is 1. The predicted molar refractivity (Wildman–Crippen MR) is 88.5 cm³/mol. The maximum Gasteiger partial charge on any atom is 0.314 e. The fourth-order valence-corrected chi connectivity index (χ4v) is 2.15. The molecule has 0 fully saturated rings. The molecule has 0 bridgehead atoms. The highest BCUT2D eigenvalue weighted by Gasteiger charge is 2.13. The lowest BCUT2D eigenvalue weighted by Crippen LogP contribution is -2.39. The molecule has 0 heterocycles. The van der Waals surface area contributed by atoms with Crippen LogP contribution in [0.25, 0.3) is 0 Å². The van der Waals surface area contributed by atoms with Crippen LogP contribution in [-0.2, 0) is 4.74 Å². The van der Waals surface area contributed by atoms with Gasteiger partial charge >= 0.3 is 6.03 Å². The molecule has 22 heavy (non-hydrogen) atoms. The minimum Gasteiger partial charge on any atom is -0.387 e. The molecular formula is C15H20Cl2N2O3. The van der Waals surface area contributed by atoms with Gasteiger partial charge in [0, 0.05) is 28.7 Å². The molecule has 0 saturated carbocycles. The minimum absolute atomic E-state index is 0.0415. The van der Waals surface area contributed by atoms with Crippen molar-refractivity contribution in [1.82, 2.24) is 10.6 Å². The molecule has 122 valence electrons. The summed E-state index contributed by atoms with van der Waals surface area (Å²) in [5, 5.41) is 16.0. The Labute approximate surface area is 140 Å². The second kappa shape index (κ2) is 9.69. The van der Waals surface area contributed by atoms with E-state index in [4.69, 9.17) is 27.9 Å². The minimum atomic E-state index is -0.907. The van der Waals surface area contributed by atoms with E-state index in [1.807, 2.05) is 6.92 Å². The number of carbonyl (C=O) groups is 1. The molecule has 0 aromatic heterocycles. The van der Waals surface area contributed by atoms with E-state index in [9.17, 15) is 9.90 Å². The number of halogens is 2. The Hall–Kier alpha value is -1.27. The van der Waals surface area contributed by atoms with Crippen LogP contribution in [0.5, 0.6) is 0 Å². The molecule has 1 unspecified atom stereocenters. The van der Waals surface area contributed by atoms with E-state index in [2.05, 4.69) is 17.2 Å². The maximum atomic E-state index is 11.6. The Morgan fingerprint density at radius 3 is 2.77 bits per heavy atom. The van der Waals surface area contributed by atoms with Crippen molar-refractivity contribution in [3.63, 3.8) is 0 Å². The molecule has 7 heteroatoms. The molecule has 3 N–H and O–H groups in total. The second-order valence-electron chi connectivity index (χ2n) is 4.83. The highest BCUT2D eigenvalue weighted by Crippen LogP contribution is 2.25. The molecule has 0 radical (unpaired) electrons. The molecule has 0 aliphatic carbocycles. The van der Waals surface area contributed by atoms with Crippen molar-refractivity contribution in [2.24, 2.45) is 0 Å². The third-order valence-corrected chi connectivity index (χ3v) is 3.22. The molecule has 0 aliphatic heterocycles. The molecule has 1 aromatic carbocycles. The van der Waals surface area contributed by atoms with Crippen LogP contribution in [-0.4, -0.2) is 37.4 Å². The smallest absolute Gasteiger partial charge is 0.314 e. The molecule has 0 saturated heterocycles. The summed E-state index contributed by atoms with van der Waals surface area (Å²) >= 11 is 11.8. The molecule has 1 atom stereocenters. The Bertz CT molecular complexity index is 524. The molecule has 1 aromatic rings. The van der Waals surface area contributed by atoms with E-state index in [1.54, 1.807) is 18.2 Å². The molecule has 2 amide bonds. The Kier molecular flexibility index (Phi) is 8.27. The Morgan fingerprint density at radius 1 is 1.41 bits per heavy atom. The van der Waals surface area contributed by atoms with Crippen molar-refractivity contribution in [3.8, 4) is 0 Å². The van der Waals surface area contributed by atoms with Crippen molar-refractivity contribution in [3.05, 3.63) is 46.0 Å². The van der Waals surface area contributed by atoms with E-state index in [0.717, 1.165) is 5.57 Å². The number of nitrogens with one attached hydrogen (secondary N) is 2. The van der Waals surface area contributed by atoms with Gasteiger partial charge in [-0.3, -0.25) is 0 Å². The van der Waals surface area contributed by atoms with Crippen molar-refractivity contribution < 1.29 is 14.6 Å². The summed E-state index contributed by atoms with van der Waals surface area (Å²) in [5.74, 6) is 0.